The van der Waals surface area contributed by atoms with Crippen LogP contribution in [0.2, 0.25) is 0 Å². The number of aromatic hydroxyl groups is 1. The van der Waals surface area contributed by atoms with Crippen molar-refractivity contribution in [1.29, 1.82) is 0 Å². The van der Waals surface area contributed by atoms with E-state index in [1.54, 1.807) is 0 Å². The summed E-state index contributed by atoms with van der Waals surface area (Å²) in [7, 11) is 0. The zero-order valence-electron chi connectivity index (χ0n) is 17.7. The van der Waals surface area contributed by atoms with Gasteiger partial charge < -0.3 is 10.4 Å². The summed E-state index contributed by atoms with van der Waals surface area (Å²) in [4.78, 5) is 2.60. The molecular weight excluding hydrogens is 320 g/mol. The smallest absolute Gasteiger partial charge is 0.124 e. The van der Waals surface area contributed by atoms with Crippen LogP contribution in [-0.4, -0.2) is 36.2 Å². The van der Waals surface area contributed by atoms with Crippen molar-refractivity contribution in [3.05, 3.63) is 28.8 Å². The monoisotopic (exact) mass is 358 g/mol. The molecule has 3 rings (SSSR count). The highest BCUT2D eigenvalue weighted by molar-refractivity contribution is 5.50. The molecule has 1 saturated carbocycles. The molecule has 26 heavy (non-hydrogen) atoms. The van der Waals surface area contributed by atoms with Crippen molar-refractivity contribution in [2.75, 3.05) is 26.2 Å². The Hall–Kier alpha value is -1.06. The molecule has 1 aliphatic heterocycles. The molecule has 146 valence electrons. The zero-order chi connectivity index (χ0) is 19.1. The number of phenols is 1. The molecule has 2 N–H and O–H groups in total. The SMILES string of the molecule is CC(C)(C)c1cc([C@@H](CC2CC2)N2CCNCC2)c(O)c(C(C)(C)C)c1. The van der Waals surface area contributed by atoms with Gasteiger partial charge in [0, 0.05) is 37.8 Å². The number of rotatable bonds is 4. The Kier molecular flexibility index (Phi) is 5.43. The van der Waals surface area contributed by atoms with Gasteiger partial charge in [-0.1, -0.05) is 60.5 Å². The number of benzene rings is 1. The molecular formula is C23H38N2O. The molecule has 1 aliphatic carbocycles. The van der Waals surface area contributed by atoms with Crippen LogP contribution in [0.1, 0.15) is 83.5 Å². The molecule has 1 saturated heterocycles. The van der Waals surface area contributed by atoms with E-state index in [0.717, 1.165) is 43.2 Å². The Bertz CT molecular complexity index is 629. The van der Waals surface area contributed by atoms with Crippen molar-refractivity contribution < 1.29 is 5.11 Å². The van der Waals surface area contributed by atoms with Crippen molar-refractivity contribution in [3.8, 4) is 5.75 Å². The van der Waals surface area contributed by atoms with E-state index in [-0.39, 0.29) is 10.8 Å². The second kappa shape index (κ2) is 7.16. The number of phenolic OH excluding ortho intramolecular Hbond substituents is 1. The van der Waals surface area contributed by atoms with E-state index in [4.69, 9.17) is 0 Å². The van der Waals surface area contributed by atoms with Crippen LogP contribution in [0.4, 0.5) is 0 Å². The van der Waals surface area contributed by atoms with Crippen LogP contribution in [-0.2, 0) is 10.8 Å². The summed E-state index contributed by atoms with van der Waals surface area (Å²) >= 11 is 0. The maximum atomic E-state index is 11.3. The molecule has 2 fully saturated rings. The summed E-state index contributed by atoms with van der Waals surface area (Å²) in [6, 6.07) is 4.89. The summed E-state index contributed by atoms with van der Waals surface area (Å²) in [5, 5.41) is 14.8. The Morgan fingerprint density at radius 1 is 1.04 bits per heavy atom. The van der Waals surface area contributed by atoms with E-state index in [1.807, 2.05) is 0 Å². The van der Waals surface area contributed by atoms with Crippen molar-refractivity contribution in [2.24, 2.45) is 5.92 Å². The number of hydrogen-bond donors (Lipinski definition) is 2. The van der Waals surface area contributed by atoms with E-state index in [0.29, 0.717) is 11.8 Å². The van der Waals surface area contributed by atoms with Crippen molar-refractivity contribution in [2.45, 2.75) is 77.7 Å². The zero-order valence-corrected chi connectivity index (χ0v) is 17.7. The van der Waals surface area contributed by atoms with E-state index in [2.05, 4.69) is 63.9 Å². The number of hydrogen-bond acceptors (Lipinski definition) is 3. The van der Waals surface area contributed by atoms with Gasteiger partial charge in [-0.25, -0.2) is 0 Å². The fraction of sp³-hybridized carbons (Fsp3) is 0.739. The summed E-state index contributed by atoms with van der Waals surface area (Å²) in [6.07, 6.45) is 3.90. The molecule has 1 aromatic rings. The normalized spacial score (nSPS) is 21.0. The number of nitrogens with one attached hydrogen (secondary N) is 1. The van der Waals surface area contributed by atoms with Gasteiger partial charge in [0.05, 0.1) is 0 Å². The Morgan fingerprint density at radius 3 is 2.15 bits per heavy atom. The van der Waals surface area contributed by atoms with Crippen molar-refractivity contribution >= 4 is 0 Å². The molecule has 2 aliphatic rings. The highest BCUT2D eigenvalue weighted by Gasteiger charge is 2.34. The van der Waals surface area contributed by atoms with Gasteiger partial charge in [0.15, 0.2) is 0 Å². The first kappa shape index (κ1) is 19.7. The summed E-state index contributed by atoms with van der Waals surface area (Å²) in [5.74, 6) is 1.38. The van der Waals surface area contributed by atoms with Crippen LogP contribution in [0.5, 0.6) is 5.75 Å². The van der Waals surface area contributed by atoms with Gasteiger partial charge in [0.25, 0.3) is 0 Å². The van der Waals surface area contributed by atoms with E-state index in [9.17, 15) is 5.11 Å². The number of nitrogens with zero attached hydrogens (tertiary/aromatic N) is 1. The Balaban J connectivity index is 2.09. The van der Waals surface area contributed by atoms with Gasteiger partial charge in [0.1, 0.15) is 5.75 Å². The van der Waals surface area contributed by atoms with Gasteiger partial charge in [-0.2, -0.15) is 0 Å². The van der Waals surface area contributed by atoms with E-state index < -0.39 is 0 Å². The first-order valence-electron chi connectivity index (χ1n) is 10.4. The standard InChI is InChI=1S/C23H38N2O/c1-22(2,3)17-14-18(21(26)19(15-17)23(4,5)6)20(13-16-7-8-16)25-11-9-24-10-12-25/h14-16,20,24,26H,7-13H2,1-6H3/t20-/m1/s1. The topological polar surface area (TPSA) is 35.5 Å². The van der Waals surface area contributed by atoms with Crippen molar-refractivity contribution in [3.63, 3.8) is 0 Å². The van der Waals surface area contributed by atoms with Gasteiger partial charge in [0.2, 0.25) is 0 Å². The summed E-state index contributed by atoms with van der Waals surface area (Å²) in [6.45, 7) is 17.7. The molecule has 0 unspecified atom stereocenters. The molecule has 1 heterocycles. The minimum absolute atomic E-state index is 0.0618. The fourth-order valence-corrected chi connectivity index (χ4v) is 4.05. The van der Waals surface area contributed by atoms with Crippen molar-refractivity contribution in [1.82, 2.24) is 10.2 Å². The Morgan fingerprint density at radius 2 is 1.65 bits per heavy atom. The van der Waals surface area contributed by atoms with Crippen LogP contribution in [0, 0.1) is 5.92 Å². The molecule has 0 bridgehead atoms. The molecule has 1 atom stereocenters. The second-order valence-electron chi connectivity index (χ2n) is 10.4. The van der Waals surface area contributed by atoms with Gasteiger partial charge >= 0.3 is 0 Å². The lowest BCUT2D eigenvalue weighted by molar-refractivity contribution is 0.157. The lowest BCUT2D eigenvalue weighted by Crippen LogP contribution is -2.45. The second-order valence-corrected chi connectivity index (χ2v) is 10.4. The van der Waals surface area contributed by atoms with Crippen LogP contribution in [0.25, 0.3) is 0 Å². The average Bonchev–Trinajstić information content (AvgIpc) is 3.36. The molecule has 0 spiro atoms. The van der Waals surface area contributed by atoms with E-state index >= 15 is 0 Å². The van der Waals surface area contributed by atoms with Gasteiger partial charge in [-0.05, 0) is 40.4 Å². The highest BCUT2D eigenvalue weighted by Crippen LogP contribution is 2.46. The molecule has 0 aromatic heterocycles. The Labute approximate surface area is 160 Å². The van der Waals surface area contributed by atoms with Crippen LogP contribution in [0.3, 0.4) is 0 Å². The molecule has 3 nitrogen and oxygen atoms in total. The average molecular weight is 359 g/mol. The van der Waals surface area contributed by atoms with Crippen LogP contribution < -0.4 is 5.32 Å². The third-order valence-electron chi connectivity index (χ3n) is 6.02. The predicted octanol–water partition coefficient (Wildman–Crippen LogP) is 4.73. The lowest BCUT2D eigenvalue weighted by Gasteiger charge is -2.37. The van der Waals surface area contributed by atoms with E-state index in [1.165, 1.54) is 24.8 Å². The molecule has 1 aromatic carbocycles. The quantitative estimate of drug-likeness (QED) is 0.816. The van der Waals surface area contributed by atoms with Crippen LogP contribution in [0.15, 0.2) is 12.1 Å². The molecule has 3 heteroatoms. The fourth-order valence-electron chi connectivity index (χ4n) is 4.05. The molecule has 0 amide bonds. The maximum absolute atomic E-state index is 11.3. The molecule has 0 radical (unpaired) electrons. The minimum Gasteiger partial charge on any atom is -0.507 e. The summed E-state index contributed by atoms with van der Waals surface area (Å²) in [5.41, 5.74) is 3.61. The van der Waals surface area contributed by atoms with Gasteiger partial charge in [-0.15, -0.1) is 0 Å². The predicted molar refractivity (Wildman–Crippen MR) is 110 cm³/mol. The highest BCUT2D eigenvalue weighted by atomic mass is 16.3. The minimum atomic E-state index is -0.0618. The lowest BCUT2D eigenvalue weighted by atomic mass is 9.77. The number of piperazine rings is 1. The largest absolute Gasteiger partial charge is 0.507 e. The maximum Gasteiger partial charge on any atom is 0.124 e. The third kappa shape index (κ3) is 4.43. The van der Waals surface area contributed by atoms with Crippen LogP contribution >= 0.6 is 0 Å². The third-order valence-corrected chi connectivity index (χ3v) is 6.02. The first-order valence-corrected chi connectivity index (χ1v) is 10.4. The first-order chi connectivity index (χ1) is 12.1. The van der Waals surface area contributed by atoms with Gasteiger partial charge in [-0.3, -0.25) is 4.90 Å². The summed E-state index contributed by atoms with van der Waals surface area (Å²) < 4.78 is 0.